The van der Waals surface area contributed by atoms with Crippen LogP contribution < -0.4 is 15.9 Å². The summed E-state index contributed by atoms with van der Waals surface area (Å²) < 4.78 is 6.09. The first-order valence-corrected chi connectivity index (χ1v) is 6.99. The van der Waals surface area contributed by atoms with E-state index in [0.717, 1.165) is 0 Å². The van der Waals surface area contributed by atoms with E-state index in [0.29, 0.717) is 24.5 Å². The zero-order valence-electron chi connectivity index (χ0n) is 12.1. The number of cyclic esters (lactones) is 1. The second-order valence-electron chi connectivity index (χ2n) is 4.89. The number of amides is 2. The van der Waals surface area contributed by atoms with Crippen LogP contribution in [0.15, 0.2) is 47.5 Å². The van der Waals surface area contributed by atoms with Crippen molar-refractivity contribution < 1.29 is 14.3 Å². The van der Waals surface area contributed by atoms with Crippen molar-refractivity contribution in [3.8, 4) is 0 Å². The number of rotatable bonds is 4. The lowest BCUT2D eigenvalue weighted by atomic mass is 10.2. The Balaban J connectivity index is 1.70. The molecule has 1 aliphatic heterocycles. The van der Waals surface area contributed by atoms with Crippen LogP contribution in [0.25, 0.3) is 0 Å². The fraction of sp³-hybridized carbons (Fsp3) is 0.200. The molecule has 0 atom stereocenters. The molecule has 2 amide bonds. The number of nitrogens with zero attached hydrogens (tertiary/aromatic N) is 3. The average molecular weight is 314 g/mol. The lowest BCUT2D eigenvalue weighted by molar-refractivity contribution is -0.116. The van der Waals surface area contributed by atoms with Crippen molar-refractivity contribution in [3.05, 3.63) is 53.2 Å². The lowest BCUT2D eigenvalue weighted by Gasteiger charge is -2.14. The number of ether oxygens (including phenoxy) is 1. The monoisotopic (exact) mass is 314 g/mol. The number of anilines is 2. The predicted molar refractivity (Wildman–Crippen MR) is 82.3 cm³/mol. The Morgan fingerprint density at radius 2 is 2.17 bits per heavy atom. The minimum Gasteiger partial charge on any atom is -0.447 e. The van der Waals surface area contributed by atoms with E-state index in [-0.39, 0.29) is 12.5 Å². The molecule has 1 aromatic heterocycles. The fourth-order valence-corrected chi connectivity index (χ4v) is 2.24. The van der Waals surface area contributed by atoms with Gasteiger partial charge in [0.2, 0.25) is 5.91 Å². The molecule has 2 heterocycles. The summed E-state index contributed by atoms with van der Waals surface area (Å²) in [7, 11) is 0. The average Bonchev–Trinajstić information content (AvgIpc) is 2.96. The van der Waals surface area contributed by atoms with Crippen LogP contribution in [0.3, 0.4) is 0 Å². The van der Waals surface area contributed by atoms with Crippen LogP contribution in [-0.2, 0) is 16.1 Å². The normalized spacial score (nSPS) is 13.7. The Bertz CT molecular complexity index is 802. The molecule has 8 heteroatoms. The number of aromatic nitrogens is 2. The molecule has 1 saturated heterocycles. The summed E-state index contributed by atoms with van der Waals surface area (Å²) in [5.74, 6) is -0.360. The first-order valence-electron chi connectivity index (χ1n) is 6.99. The zero-order chi connectivity index (χ0) is 16.2. The third-order valence-corrected chi connectivity index (χ3v) is 3.30. The number of hydrogen-bond donors (Lipinski definition) is 1. The number of carbonyl (C=O) groups excluding carboxylic acids is 2. The molecule has 0 bridgehead atoms. The highest BCUT2D eigenvalue weighted by Gasteiger charge is 2.23. The van der Waals surface area contributed by atoms with E-state index in [1.54, 1.807) is 30.3 Å². The molecule has 1 aliphatic rings. The minimum absolute atomic E-state index is 0.136. The highest BCUT2D eigenvalue weighted by atomic mass is 16.6. The Morgan fingerprint density at radius 1 is 1.30 bits per heavy atom. The van der Waals surface area contributed by atoms with E-state index in [1.807, 2.05) is 0 Å². The molecule has 1 aromatic carbocycles. The van der Waals surface area contributed by atoms with Crippen LogP contribution in [0.5, 0.6) is 0 Å². The maximum atomic E-state index is 12.0. The predicted octanol–water partition coefficient (Wildman–Crippen LogP) is 0.839. The molecule has 0 unspecified atom stereocenters. The molecule has 0 spiro atoms. The van der Waals surface area contributed by atoms with Crippen molar-refractivity contribution in [2.24, 2.45) is 0 Å². The van der Waals surface area contributed by atoms with E-state index in [1.165, 1.54) is 21.9 Å². The summed E-state index contributed by atoms with van der Waals surface area (Å²) in [6.45, 7) is 0.684. The van der Waals surface area contributed by atoms with E-state index in [2.05, 4.69) is 10.3 Å². The van der Waals surface area contributed by atoms with Crippen LogP contribution in [0.4, 0.5) is 16.2 Å². The largest absolute Gasteiger partial charge is 0.447 e. The Hall–Kier alpha value is -3.16. The van der Waals surface area contributed by atoms with Crippen molar-refractivity contribution in [3.63, 3.8) is 0 Å². The van der Waals surface area contributed by atoms with Crippen LogP contribution in [0.1, 0.15) is 0 Å². The molecule has 3 rings (SSSR count). The Kier molecular flexibility index (Phi) is 4.05. The Labute approximate surface area is 131 Å². The molecular formula is C15H14N4O4. The van der Waals surface area contributed by atoms with Crippen LogP contribution >= 0.6 is 0 Å². The van der Waals surface area contributed by atoms with Gasteiger partial charge in [-0.3, -0.25) is 14.3 Å². The standard InChI is InChI=1S/C15H14N4O4/c20-13(10-18-6-2-5-16-14(18)21)17-11-3-1-4-12(9-11)19-7-8-23-15(19)22/h1-6,9H,7-8,10H2,(H,17,20). The zero-order valence-corrected chi connectivity index (χ0v) is 12.1. The quantitative estimate of drug-likeness (QED) is 0.902. The maximum absolute atomic E-state index is 12.0. The van der Waals surface area contributed by atoms with Gasteiger partial charge in [0, 0.05) is 23.8 Å². The van der Waals surface area contributed by atoms with Gasteiger partial charge in [0.05, 0.1) is 6.54 Å². The van der Waals surface area contributed by atoms with E-state index in [4.69, 9.17) is 4.74 Å². The van der Waals surface area contributed by atoms with Crippen molar-refractivity contribution in [2.45, 2.75) is 6.54 Å². The fourth-order valence-electron chi connectivity index (χ4n) is 2.24. The van der Waals surface area contributed by atoms with Gasteiger partial charge in [0.25, 0.3) is 0 Å². The number of carbonyl (C=O) groups is 2. The molecule has 1 N–H and O–H groups in total. The van der Waals surface area contributed by atoms with Gasteiger partial charge in [-0.2, -0.15) is 0 Å². The van der Waals surface area contributed by atoms with Crippen molar-refractivity contribution in [2.75, 3.05) is 23.4 Å². The molecular weight excluding hydrogens is 300 g/mol. The molecule has 1 fully saturated rings. The molecule has 118 valence electrons. The second-order valence-corrected chi connectivity index (χ2v) is 4.89. The first kappa shape index (κ1) is 14.8. The molecule has 0 radical (unpaired) electrons. The molecule has 8 nitrogen and oxygen atoms in total. The molecule has 2 aromatic rings. The lowest BCUT2D eigenvalue weighted by Crippen LogP contribution is -2.28. The van der Waals surface area contributed by atoms with Crippen molar-refractivity contribution in [1.82, 2.24) is 9.55 Å². The summed E-state index contributed by atoms with van der Waals surface area (Å²) >= 11 is 0. The molecule has 23 heavy (non-hydrogen) atoms. The smallest absolute Gasteiger partial charge is 0.414 e. The minimum atomic E-state index is -0.490. The van der Waals surface area contributed by atoms with E-state index < -0.39 is 11.8 Å². The highest BCUT2D eigenvalue weighted by molar-refractivity contribution is 5.93. The summed E-state index contributed by atoms with van der Waals surface area (Å²) in [6.07, 6.45) is 2.45. The third-order valence-electron chi connectivity index (χ3n) is 3.30. The number of nitrogens with one attached hydrogen (secondary N) is 1. The van der Waals surface area contributed by atoms with Gasteiger partial charge in [-0.1, -0.05) is 6.07 Å². The summed E-state index contributed by atoms with van der Waals surface area (Å²) in [5, 5.41) is 2.69. The molecule has 0 saturated carbocycles. The summed E-state index contributed by atoms with van der Waals surface area (Å²) in [6, 6.07) is 8.44. The second kappa shape index (κ2) is 6.30. The van der Waals surface area contributed by atoms with Crippen LogP contribution in [0.2, 0.25) is 0 Å². The summed E-state index contributed by atoms with van der Waals surface area (Å²) in [4.78, 5) is 40.1. The van der Waals surface area contributed by atoms with Gasteiger partial charge in [-0.15, -0.1) is 0 Å². The van der Waals surface area contributed by atoms with Gasteiger partial charge in [0.15, 0.2) is 0 Å². The van der Waals surface area contributed by atoms with Crippen LogP contribution in [0, 0.1) is 0 Å². The van der Waals surface area contributed by atoms with Gasteiger partial charge >= 0.3 is 11.8 Å². The van der Waals surface area contributed by atoms with E-state index in [9.17, 15) is 14.4 Å². The molecule has 0 aliphatic carbocycles. The van der Waals surface area contributed by atoms with Gasteiger partial charge in [0.1, 0.15) is 13.2 Å². The summed E-state index contributed by atoms with van der Waals surface area (Å²) in [5.41, 5.74) is 0.684. The van der Waals surface area contributed by atoms with Gasteiger partial charge < -0.3 is 10.1 Å². The topological polar surface area (TPSA) is 93.5 Å². The Morgan fingerprint density at radius 3 is 2.91 bits per heavy atom. The maximum Gasteiger partial charge on any atom is 0.414 e. The highest BCUT2D eigenvalue weighted by Crippen LogP contribution is 2.22. The third kappa shape index (κ3) is 3.37. The number of hydrogen-bond acceptors (Lipinski definition) is 5. The van der Waals surface area contributed by atoms with Gasteiger partial charge in [-0.25, -0.2) is 14.6 Å². The van der Waals surface area contributed by atoms with Crippen LogP contribution in [-0.4, -0.2) is 34.7 Å². The number of benzene rings is 1. The van der Waals surface area contributed by atoms with Gasteiger partial charge in [-0.05, 0) is 24.3 Å². The first-order chi connectivity index (χ1) is 11.1. The van der Waals surface area contributed by atoms with Crippen molar-refractivity contribution in [1.29, 1.82) is 0 Å². The van der Waals surface area contributed by atoms with Crippen molar-refractivity contribution >= 4 is 23.4 Å². The van der Waals surface area contributed by atoms with E-state index >= 15 is 0 Å². The SMILES string of the molecule is O=C(Cn1cccnc1=O)Nc1cccc(N2CCOC2=O)c1.